The predicted octanol–water partition coefficient (Wildman–Crippen LogP) is 0.0184. The van der Waals surface area contributed by atoms with Crippen LogP contribution in [0.2, 0.25) is 0 Å². The van der Waals surface area contributed by atoms with Gasteiger partial charge in [-0.1, -0.05) is 6.07 Å². The molecule has 0 spiro atoms. The molecule has 0 amide bonds. The van der Waals surface area contributed by atoms with Gasteiger partial charge in [-0.15, -0.1) is 0 Å². The lowest BCUT2D eigenvalue weighted by atomic mass is 10.1. The Kier molecular flexibility index (Phi) is 4.41. The smallest absolute Gasteiger partial charge is 0.214 e. The maximum atomic E-state index is 12.0. The number of imidazole rings is 1. The van der Waals surface area contributed by atoms with Crippen molar-refractivity contribution in [2.24, 2.45) is 5.92 Å². The highest BCUT2D eigenvalue weighted by Gasteiger charge is 2.35. The summed E-state index contributed by atoms with van der Waals surface area (Å²) >= 11 is 0. The molecule has 1 saturated heterocycles. The first-order valence-electron chi connectivity index (χ1n) is 7.58. The summed E-state index contributed by atoms with van der Waals surface area (Å²) in [5.41, 5.74) is 1.80. The van der Waals surface area contributed by atoms with E-state index in [0.717, 1.165) is 11.3 Å². The first-order valence-corrected chi connectivity index (χ1v) is 9.19. The van der Waals surface area contributed by atoms with Gasteiger partial charge < -0.3 is 9.51 Å². The normalized spacial score (nSPS) is 23.1. The van der Waals surface area contributed by atoms with Crippen molar-refractivity contribution >= 4 is 15.7 Å². The minimum Gasteiger partial charge on any atom is -0.391 e. The molecule has 1 fully saturated rings. The van der Waals surface area contributed by atoms with Crippen molar-refractivity contribution < 1.29 is 13.5 Å². The molecule has 0 aromatic carbocycles. The molecule has 0 unspecified atom stereocenters. The van der Waals surface area contributed by atoms with Gasteiger partial charge >= 0.3 is 0 Å². The highest BCUT2D eigenvalue weighted by atomic mass is 32.2. The van der Waals surface area contributed by atoms with Gasteiger partial charge in [-0.05, 0) is 12.1 Å². The first kappa shape index (κ1) is 16.4. The van der Waals surface area contributed by atoms with Gasteiger partial charge in [-0.3, -0.25) is 4.90 Å². The number of hydrogen-bond donors (Lipinski definition) is 1. The number of aliphatic hydroxyl groups excluding tert-OH is 1. The van der Waals surface area contributed by atoms with E-state index in [-0.39, 0.29) is 11.7 Å². The number of sulfonamides is 1. The van der Waals surface area contributed by atoms with E-state index in [9.17, 15) is 13.5 Å². The fourth-order valence-corrected chi connectivity index (χ4v) is 4.11. The monoisotopic (exact) mass is 338 g/mol. The minimum atomic E-state index is -3.30. The number of fused-ring (bicyclic) bond motifs is 1. The average molecular weight is 338 g/mol. The minimum absolute atomic E-state index is 0.0250. The lowest BCUT2D eigenvalue weighted by Crippen LogP contribution is -2.33. The number of pyridine rings is 1. The molecule has 2 aromatic heterocycles. The van der Waals surface area contributed by atoms with Crippen molar-refractivity contribution in [1.82, 2.24) is 18.6 Å². The summed E-state index contributed by atoms with van der Waals surface area (Å²) in [5.74, 6) is -0.289. The highest BCUT2D eigenvalue weighted by molar-refractivity contribution is 7.89. The summed E-state index contributed by atoms with van der Waals surface area (Å²) in [6.07, 6.45) is 3.28. The van der Waals surface area contributed by atoms with E-state index < -0.39 is 16.1 Å². The quantitative estimate of drug-likeness (QED) is 0.831. The molecule has 23 heavy (non-hydrogen) atoms. The van der Waals surface area contributed by atoms with E-state index in [1.807, 2.05) is 35.0 Å². The van der Waals surface area contributed by atoms with Crippen LogP contribution in [-0.2, 0) is 16.6 Å². The van der Waals surface area contributed by atoms with Gasteiger partial charge in [0, 0.05) is 52.0 Å². The van der Waals surface area contributed by atoms with Crippen molar-refractivity contribution in [1.29, 1.82) is 0 Å². The summed E-state index contributed by atoms with van der Waals surface area (Å²) in [6.45, 7) is 1.64. The van der Waals surface area contributed by atoms with Crippen LogP contribution in [0.25, 0.3) is 5.65 Å². The molecule has 3 heterocycles. The van der Waals surface area contributed by atoms with Crippen LogP contribution in [0.1, 0.15) is 5.69 Å². The average Bonchev–Trinajstić information content (AvgIpc) is 3.01. The van der Waals surface area contributed by atoms with E-state index in [0.29, 0.717) is 19.6 Å². The Morgan fingerprint density at radius 1 is 1.35 bits per heavy atom. The second-order valence-corrected chi connectivity index (χ2v) is 8.51. The summed E-state index contributed by atoms with van der Waals surface area (Å²) in [7, 11) is -0.267. The van der Waals surface area contributed by atoms with Crippen molar-refractivity contribution in [2.75, 3.05) is 32.9 Å². The Morgan fingerprint density at radius 3 is 2.83 bits per heavy atom. The summed E-state index contributed by atoms with van der Waals surface area (Å²) in [6, 6.07) is 5.82. The van der Waals surface area contributed by atoms with Crippen molar-refractivity contribution in [3.8, 4) is 0 Å². The van der Waals surface area contributed by atoms with Gasteiger partial charge in [-0.25, -0.2) is 17.7 Å². The van der Waals surface area contributed by atoms with Gasteiger partial charge in [0.15, 0.2) is 0 Å². The van der Waals surface area contributed by atoms with Gasteiger partial charge in [0.05, 0.1) is 17.6 Å². The Labute approximate surface area is 136 Å². The van der Waals surface area contributed by atoms with Crippen LogP contribution >= 0.6 is 0 Å². The Morgan fingerprint density at radius 2 is 2.13 bits per heavy atom. The van der Waals surface area contributed by atoms with Crippen LogP contribution in [0.3, 0.4) is 0 Å². The fourth-order valence-electron chi connectivity index (χ4n) is 2.95. The molecule has 0 saturated carbocycles. The molecule has 0 aliphatic carbocycles. The largest absolute Gasteiger partial charge is 0.391 e. The van der Waals surface area contributed by atoms with E-state index >= 15 is 0 Å². The zero-order valence-corrected chi connectivity index (χ0v) is 14.1. The third kappa shape index (κ3) is 3.55. The van der Waals surface area contributed by atoms with Crippen LogP contribution in [0.15, 0.2) is 30.6 Å². The molecule has 1 aliphatic rings. The zero-order valence-electron chi connectivity index (χ0n) is 13.3. The molecular formula is C15H22N4O3S. The predicted molar refractivity (Wildman–Crippen MR) is 87.4 cm³/mol. The molecule has 0 bridgehead atoms. The Bertz CT molecular complexity index is 754. The molecule has 3 rings (SSSR count). The summed E-state index contributed by atoms with van der Waals surface area (Å²) in [4.78, 5) is 6.60. The van der Waals surface area contributed by atoms with Gasteiger partial charge in [-0.2, -0.15) is 0 Å². The standard InChI is InChI=1S/C15H22N4O3S/c1-17(2)23(21,22)11-12-7-18(10-14(12)20)8-13-9-19-6-4-3-5-15(19)16-13/h3-6,9,12,14,20H,7-8,10-11H2,1-2H3/t12-,14+/m0/s1. The molecule has 1 N–H and O–H groups in total. The highest BCUT2D eigenvalue weighted by Crippen LogP contribution is 2.21. The maximum absolute atomic E-state index is 12.0. The molecule has 0 radical (unpaired) electrons. The van der Waals surface area contributed by atoms with Crippen molar-refractivity contribution in [3.05, 3.63) is 36.3 Å². The van der Waals surface area contributed by atoms with Crippen molar-refractivity contribution in [3.63, 3.8) is 0 Å². The topological polar surface area (TPSA) is 78.2 Å². The molecule has 2 aromatic rings. The number of nitrogens with zero attached hydrogens (tertiary/aromatic N) is 4. The third-order valence-corrected chi connectivity index (χ3v) is 6.22. The van der Waals surface area contributed by atoms with Gasteiger partial charge in [0.25, 0.3) is 0 Å². The summed E-state index contributed by atoms with van der Waals surface area (Å²) in [5, 5.41) is 10.2. The third-order valence-electron chi connectivity index (χ3n) is 4.26. The van der Waals surface area contributed by atoms with Gasteiger partial charge in [0.2, 0.25) is 10.0 Å². The Hall–Kier alpha value is -1.48. The maximum Gasteiger partial charge on any atom is 0.214 e. The SMILES string of the molecule is CN(C)S(=O)(=O)C[C@@H]1CN(Cc2cn3ccccc3n2)C[C@H]1O. The summed E-state index contributed by atoms with van der Waals surface area (Å²) < 4.78 is 27.2. The molecule has 126 valence electrons. The van der Waals surface area contributed by atoms with Crippen LogP contribution in [-0.4, -0.2) is 71.2 Å². The number of aromatic nitrogens is 2. The molecule has 7 nitrogen and oxygen atoms in total. The van der Waals surface area contributed by atoms with Gasteiger partial charge in [0.1, 0.15) is 5.65 Å². The Balaban J connectivity index is 1.66. The van der Waals surface area contributed by atoms with E-state index in [1.165, 1.54) is 18.4 Å². The molecular weight excluding hydrogens is 316 g/mol. The van der Waals surface area contributed by atoms with Crippen LogP contribution < -0.4 is 0 Å². The lowest BCUT2D eigenvalue weighted by molar-refractivity contribution is 0.148. The van der Waals surface area contributed by atoms with Crippen LogP contribution in [0.5, 0.6) is 0 Å². The number of β-amino-alcohol motifs (C(OH)–C–C–N with tert-alkyl or cyclic N) is 1. The lowest BCUT2D eigenvalue weighted by Gasteiger charge is -2.17. The van der Waals surface area contributed by atoms with Crippen LogP contribution in [0, 0.1) is 5.92 Å². The van der Waals surface area contributed by atoms with E-state index in [4.69, 9.17) is 0 Å². The second kappa shape index (κ2) is 6.20. The molecule has 8 heteroatoms. The number of hydrogen-bond acceptors (Lipinski definition) is 5. The first-order chi connectivity index (χ1) is 10.8. The van der Waals surface area contributed by atoms with Crippen LogP contribution in [0.4, 0.5) is 0 Å². The fraction of sp³-hybridized carbons (Fsp3) is 0.533. The molecule has 2 atom stereocenters. The zero-order chi connectivity index (χ0) is 16.6. The van der Waals surface area contributed by atoms with Crippen molar-refractivity contribution in [2.45, 2.75) is 12.6 Å². The molecule has 1 aliphatic heterocycles. The van der Waals surface area contributed by atoms with E-state index in [1.54, 1.807) is 0 Å². The number of likely N-dealkylation sites (tertiary alicyclic amines) is 1. The number of rotatable bonds is 5. The second-order valence-electron chi connectivity index (χ2n) is 6.28. The van der Waals surface area contributed by atoms with E-state index in [2.05, 4.69) is 9.88 Å². The number of aliphatic hydroxyl groups is 1.